The van der Waals surface area contributed by atoms with Gasteiger partial charge in [-0.25, -0.2) is 14.1 Å². The Kier molecular flexibility index (Phi) is 7.88. The van der Waals surface area contributed by atoms with Gasteiger partial charge in [0.2, 0.25) is 0 Å². The minimum atomic E-state index is -0.352. The van der Waals surface area contributed by atoms with Crippen molar-refractivity contribution in [3.8, 4) is 11.5 Å². The molecule has 7 rings (SSSR count). The van der Waals surface area contributed by atoms with Crippen LogP contribution in [0.1, 0.15) is 72.1 Å². The van der Waals surface area contributed by atoms with E-state index in [0.29, 0.717) is 0 Å². The third kappa shape index (κ3) is 5.31. The molecule has 7 aromatic rings. The Morgan fingerprint density at radius 2 is 1.33 bits per heavy atom. The molecule has 3 aromatic heterocycles. The molecule has 0 fully saturated rings. The SMILES string of the molecule is CC(C)(C)c1ccnc(-n2c3[c-]c(C(C)(C)c4[c-]c(-n5[cH+]n(C(C)(C)C)c6ccccc65)ccc4)ccc3c3ccccc32)c1.[Pt]. The summed E-state index contributed by atoms with van der Waals surface area (Å²) in [6, 6.07) is 40.2. The van der Waals surface area contributed by atoms with Gasteiger partial charge in [0, 0.05) is 50.6 Å². The quantitative estimate of drug-likeness (QED) is 0.163. The second-order valence-corrected chi connectivity index (χ2v) is 14.7. The van der Waals surface area contributed by atoms with Gasteiger partial charge < -0.3 is 4.57 Å². The normalized spacial score (nSPS) is 12.6. The first-order chi connectivity index (χ1) is 21.3. The van der Waals surface area contributed by atoms with Crippen molar-refractivity contribution in [1.82, 2.24) is 18.7 Å². The van der Waals surface area contributed by atoms with Gasteiger partial charge >= 0.3 is 0 Å². The number of hydrogen-bond acceptors (Lipinski definition) is 1. The molecule has 0 spiro atoms. The van der Waals surface area contributed by atoms with E-state index in [1.54, 1.807) is 0 Å². The molecule has 5 heteroatoms. The average molecular weight is 785 g/mol. The molecule has 0 saturated carbocycles. The largest absolute Gasteiger partial charge is 0.319 e. The molecule has 0 saturated heterocycles. The van der Waals surface area contributed by atoms with Crippen molar-refractivity contribution in [2.75, 3.05) is 0 Å². The first kappa shape index (κ1) is 31.9. The van der Waals surface area contributed by atoms with Crippen LogP contribution in [0.5, 0.6) is 0 Å². The summed E-state index contributed by atoms with van der Waals surface area (Å²) in [5.74, 6) is 0.917. The van der Waals surface area contributed by atoms with E-state index in [9.17, 15) is 0 Å². The van der Waals surface area contributed by atoms with Crippen molar-refractivity contribution >= 4 is 32.8 Å². The molecule has 0 aliphatic heterocycles. The van der Waals surface area contributed by atoms with Gasteiger partial charge in [-0.3, -0.25) is 0 Å². The molecule has 0 aliphatic rings. The van der Waals surface area contributed by atoms with Gasteiger partial charge in [0.25, 0.3) is 0 Å². The second-order valence-electron chi connectivity index (χ2n) is 14.7. The molecular weight excluding hydrogens is 744 g/mol. The van der Waals surface area contributed by atoms with Gasteiger partial charge in [0.05, 0.1) is 5.54 Å². The van der Waals surface area contributed by atoms with Gasteiger partial charge in [0.15, 0.2) is 17.4 Å². The summed E-state index contributed by atoms with van der Waals surface area (Å²) >= 11 is 0. The van der Waals surface area contributed by atoms with E-state index in [4.69, 9.17) is 4.98 Å². The van der Waals surface area contributed by atoms with Gasteiger partial charge in [-0.05, 0) is 72.9 Å². The first-order valence-corrected chi connectivity index (χ1v) is 15.8. The van der Waals surface area contributed by atoms with E-state index in [1.165, 1.54) is 27.4 Å². The zero-order valence-corrected chi connectivity index (χ0v) is 30.2. The number of nitrogens with zero attached hydrogens (tertiary/aromatic N) is 4. The standard InChI is InChI=1S/C41H41N4.Pt/c1-39(2,3)28-22-23-42-38(26-28)45-34-17-10-9-16-32(34)33-21-20-30(25-37(33)45)41(7,8)29-14-13-15-31(24-29)43-27-44(40(4,5)6)36-19-12-11-18-35(36)43;/h9-23,26-27H,1-8H3;/q-1;. The predicted octanol–water partition coefficient (Wildman–Crippen LogP) is 10.2. The summed E-state index contributed by atoms with van der Waals surface area (Å²) in [5.41, 5.74) is 8.68. The van der Waals surface area contributed by atoms with Gasteiger partial charge in [-0.2, -0.15) is 35.9 Å². The van der Waals surface area contributed by atoms with Crippen molar-refractivity contribution in [3.63, 3.8) is 0 Å². The van der Waals surface area contributed by atoms with Crippen molar-refractivity contribution < 1.29 is 21.1 Å². The van der Waals surface area contributed by atoms with Crippen molar-refractivity contribution in [3.05, 3.63) is 132 Å². The van der Waals surface area contributed by atoms with E-state index in [0.717, 1.165) is 33.7 Å². The number of hydrogen-bond donors (Lipinski definition) is 0. The monoisotopic (exact) mass is 784 g/mol. The van der Waals surface area contributed by atoms with Crippen molar-refractivity contribution in [1.29, 1.82) is 0 Å². The van der Waals surface area contributed by atoms with Crippen LogP contribution in [-0.4, -0.2) is 18.7 Å². The molecule has 0 unspecified atom stereocenters. The van der Waals surface area contributed by atoms with Crippen LogP contribution in [-0.2, 0) is 37.4 Å². The second kappa shape index (κ2) is 11.4. The van der Waals surface area contributed by atoms with Crippen LogP contribution in [0, 0.1) is 12.1 Å². The van der Waals surface area contributed by atoms with Crippen molar-refractivity contribution in [2.24, 2.45) is 0 Å². The molecule has 0 aliphatic carbocycles. The number of aromatic nitrogens is 4. The Bertz CT molecular complexity index is 2220. The number of rotatable bonds is 4. The molecule has 4 nitrogen and oxygen atoms in total. The van der Waals surface area contributed by atoms with E-state index in [1.807, 2.05) is 6.20 Å². The Labute approximate surface area is 287 Å². The maximum absolute atomic E-state index is 4.87. The molecular formula is C41H41N4Pt-. The maximum atomic E-state index is 4.87. The summed E-state index contributed by atoms with van der Waals surface area (Å²) in [7, 11) is 0. The molecule has 4 aromatic carbocycles. The third-order valence-corrected chi connectivity index (χ3v) is 9.16. The van der Waals surface area contributed by atoms with Gasteiger partial charge in [-0.15, -0.1) is 23.1 Å². The predicted molar refractivity (Wildman–Crippen MR) is 188 cm³/mol. The molecule has 236 valence electrons. The zero-order valence-electron chi connectivity index (χ0n) is 27.9. The fraction of sp³-hybridized carbons (Fsp3) is 0.268. The summed E-state index contributed by atoms with van der Waals surface area (Å²) in [5, 5.41) is 2.38. The summed E-state index contributed by atoms with van der Waals surface area (Å²) in [6.07, 6.45) is 4.14. The molecule has 0 amide bonds. The van der Waals surface area contributed by atoms with Crippen molar-refractivity contribution in [2.45, 2.75) is 71.8 Å². The zero-order chi connectivity index (χ0) is 31.7. The van der Waals surface area contributed by atoms with Crippen LogP contribution in [0.2, 0.25) is 0 Å². The Morgan fingerprint density at radius 1 is 0.652 bits per heavy atom. The number of benzene rings is 4. The molecule has 0 atom stereocenters. The topological polar surface area (TPSA) is 27.7 Å². The third-order valence-electron chi connectivity index (χ3n) is 9.16. The fourth-order valence-electron chi connectivity index (χ4n) is 6.45. The smallest absolute Gasteiger partial charge is 0.188 e. The molecule has 0 bridgehead atoms. The Morgan fingerprint density at radius 3 is 2.04 bits per heavy atom. The van der Waals surface area contributed by atoms with Crippen LogP contribution < -0.4 is 0 Å². The van der Waals surface area contributed by atoms with E-state index >= 15 is 0 Å². The van der Waals surface area contributed by atoms with E-state index in [2.05, 4.69) is 179 Å². The minimum Gasteiger partial charge on any atom is -0.319 e. The van der Waals surface area contributed by atoms with Crippen LogP contribution >= 0.6 is 0 Å². The van der Waals surface area contributed by atoms with Crippen LogP contribution in [0.25, 0.3) is 44.3 Å². The fourth-order valence-corrected chi connectivity index (χ4v) is 6.45. The number of fused-ring (bicyclic) bond motifs is 4. The maximum Gasteiger partial charge on any atom is 0.188 e. The number of para-hydroxylation sites is 3. The molecule has 0 N–H and O–H groups in total. The summed E-state index contributed by atoms with van der Waals surface area (Å²) in [4.78, 5) is 4.87. The summed E-state index contributed by atoms with van der Waals surface area (Å²) in [6.45, 7) is 18.0. The van der Waals surface area contributed by atoms with Crippen LogP contribution in [0.4, 0.5) is 0 Å². The van der Waals surface area contributed by atoms with Gasteiger partial charge in [-0.1, -0.05) is 58.3 Å². The Hall–Kier alpha value is -4.01. The molecule has 46 heavy (non-hydrogen) atoms. The molecule has 0 radical (unpaired) electrons. The Balaban J connectivity index is 0.00000372. The van der Waals surface area contributed by atoms with Gasteiger partial charge in [0.1, 0.15) is 5.82 Å². The average Bonchev–Trinajstić information content (AvgIpc) is 3.57. The summed E-state index contributed by atoms with van der Waals surface area (Å²) < 4.78 is 6.88. The van der Waals surface area contributed by atoms with E-state index in [-0.39, 0.29) is 37.4 Å². The van der Waals surface area contributed by atoms with E-state index < -0.39 is 0 Å². The number of imidazole rings is 1. The molecule has 3 heterocycles. The van der Waals surface area contributed by atoms with Crippen LogP contribution in [0.15, 0.2) is 104 Å². The minimum absolute atomic E-state index is 0. The number of pyridine rings is 1. The van der Waals surface area contributed by atoms with Crippen LogP contribution in [0.3, 0.4) is 0 Å². The first-order valence-electron chi connectivity index (χ1n) is 15.8.